The molecule has 0 aliphatic rings. The number of fused-ring (bicyclic) bond motifs is 1. The number of carbonyl (C=O) groups excluding carboxylic acids is 1. The molecule has 5 heteroatoms. The van der Waals surface area contributed by atoms with Gasteiger partial charge in [-0.3, -0.25) is 14.0 Å². The summed E-state index contributed by atoms with van der Waals surface area (Å²) in [5.41, 5.74) is -0.0853. The van der Waals surface area contributed by atoms with Crippen LogP contribution in [0.2, 0.25) is 0 Å². The fourth-order valence-corrected chi connectivity index (χ4v) is 1.30. The van der Waals surface area contributed by atoms with Gasteiger partial charge >= 0.3 is 0 Å². The Morgan fingerprint density at radius 1 is 1.47 bits per heavy atom. The minimum Gasteiger partial charge on any atom is -0.388 e. The van der Waals surface area contributed by atoms with Crippen molar-refractivity contribution in [3.05, 3.63) is 46.5 Å². The summed E-state index contributed by atoms with van der Waals surface area (Å²) in [7, 11) is 0. The molecule has 0 fully saturated rings. The first-order valence-corrected chi connectivity index (χ1v) is 4.34. The molecule has 0 atom stereocenters. The van der Waals surface area contributed by atoms with E-state index < -0.39 is 17.9 Å². The average molecular weight is 204 g/mol. The van der Waals surface area contributed by atoms with Crippen molar-refractivity contribution in [2.75, 3.05) is 6.61 Å². The Balaban J connectivity index is 2.76. The number of pyridine rings is 1. The van der Waals surface area contributed by atoms with Gasteiger partial charge in [-0.2, -0.15) is 0 Å². The number of aromatic nitrogens is 2. The molecule has 0 aliphatic carbocycles. The van der Waals surface area contributed by atoms with Gasteiger partial charge in [0.2, 0.25) is 0 Å². The highest BCUT2D eigenvalue weighted by Crippen LogP contribution is 1.97. The largest absolute Gasteiger partial charge is 0.388 e. The Hall–Kier alpha value is -2.01. The molecule has 0 radical (unpaired) electrons. The summed E-state index contributed by atoms with van der Waals surface area (Å²) in [5.74, 6) is -0.620. The summed E-state index contributed by atoms with van der Waals surface area (Å²) in [4.78, 5) is 26.8. The lowest BCUT2D eigenvalue weighted by Crippen LogP contribution is -2.24. The van der Waals surface area contributed by atoms with Gasteiger partial charge in [0.25, 0.3) is 5.56 Å². The number of hydrogen-bond acceptors (Lipinski definition) is 4. The van der Waals surface area contributed by atoms with Crippen LogP contribution in [0.1, 0.15) is 10.4 Å². The first kappa shape index (κ1) is 9.54. The van der Waals surface area contributed by atoms with Crippen LogP contribution >= 0.6 is 0 Å². The topological polar surface area (TPSA) is 71.7 Å². The molecule has 5 nitrogen and oxygen atoms in total. The van der Waals surface area contributed by atoms with E-state index in [9.17, 15) is 9.59 Å². The van der Waals surface area contributed by atoms with Gasteiger partial charge in [0.1, 0.15) is 17.8 Å². The van der Waals surface area contributed by atoms with Gasteiger partial charge in [-0.05, 0) is 12.1 Å². The molecular weight excluding hydrogens is 196 g/mol. The molecule has 0 bridgehead atoms. The maximum atomic E-state index is 11.7. The maximum absolute atomic E-state index is 11.7. The Kier molecular flexibility index (Phi) is 2.31. The second-order valence-corrected chi connectivity index (χ2v) is 2.99. The van der Waals surface area contributed by atoms with Crippen molar-refractivity contribution in [1.29, 1.82) is 0 Å². The third-order valence-electron chi connectivity index (χ3n) is 2.06. The second kappa shape index (κ2) is 3.62. The third-order valence-corrected chi connectivity index (χ3v) is 2.06. The molecular formula is C10H8N2O3. The Morgan fingerprint density at radius 2 is 2.27 bits per heavy atom. The fourth-order valence-electron chi connectivity index (χ4n) is 1.30. The minimum atomic E-state index is -0.685. The first-order valence-electron chi connectivity index (χ1n) is 4.34. The van der Waals surface area contributed by atoms with Crippen molar-refractivity contribution in [2.24, 2.45) is 0 Å². The number of ketones is 1. The van der Waals surface area contributed by atoms with Gasteiger partial charge in [-0.15, -0.1) is 0 Å². The molecule has 0 saturated heterocycles. The van der Waals surface area contributed by atoms with Crippen LogP contribution in [0.4, 0.5) is 0 Å². The SMILES string of the molecule is O=C(CO)c1cnc2ccccn2c1=O. The molecule has 0 aromatic carbocycles. The highest BCUT2D eigenvalue weighted by molar-refractivity contribution is 5.96. The van der Waals surface area contributed by atoms with Gasteiger partial charge < -0.3 is 5.11 Å². The van der Waals surface area contributed by atoms with Gasteiger partial charge in [0, 0.05) is 12.4 Å². The number of nitrogens with zero attached hydrogens (tertiary/aromatic N) is 2. The number of aliphatic hydroxyl groups is 1. The van der Waals surface area contributed by atoms with Crippen LogP contribution < -0.4 is 5.56 Å². The molecule has 15 heavy (non-hydrogen) atoms. The van der Waals surface area contributed by atoms with Crippen LogP contribution in [-0.2, 0) is 0 Å². The van der Waals surface area contributed by atoms with E-state index in [4.69, 9.17) is 5.11 Å². The summed E-state index contributed by atoms with van der Waals surface area (Å²) in [5, 5.41) is 8.66. The van der Waals surface area contributed by atoms with E-state index in [1.54, 1.807) is 18.2 Å². The van der Waals surface area contributed by atoms with Crippen molar-refractivity contribution >= 4 is 11.4 Å². The normalized spacial score (nSPS) is 10.5. The van der Waals surface area contributed by atoms with Crippen LogP contribution in [0.25, 0.3) is 5.65 Å². The number of carbonyl (C=O) groups is 1. The molecule has 0 amide bonds. The van der Waals surface area contributed by atoms with Crippen molar-refractivity contribution < 1.29 is 9.90 Å². The van der Waals surface area contributed by atoms with E-state index in [1.807, 2.05) is 0 Å². The van der Waals surface area contributed by atoms with Crippen LogP contribution in [0.3, 0.4) is 0 Å². The van der Waals surface area contributed by atoms with E-state index in [0.29, 0.717) is 5.65 Å². The molecule has 2 aromatic rings. The summed E-state index contributed by atoms with van der Waals surface area (Å²) >= 11 is 0. The monoisotopic (exact) mass is 204 g/mol. The third kappa shape index (κ3) is 1.53. The minimum absolute atomic E-state index is 0.0961. The molecule has 2 heterocycles. The summed E-state index contributed by atoms with van der Waals surface area (Å²) in [6, 6.07) is 5.08. The number of rotatable bonds is 2. The zero-order valence-electron chi connectivity index (χ0n) is 7.75. The van der Waals surface area contributed by atoms with Crippen LogP contribution in [0.5, 0.6) is 0 Å². The van der Waals surface area contributed by atoms with Crippen molar-refractivity contribution in [3.63, 3.8) is 0 Å². The summed E-state index contributed by atoms with van der Waals surface area (Å²) in [6.45, 7) is -0.685. The molecule has 0 saturated carbocycles. The van der Waals surface area contributed by atoms with Gasteiger partial charge in [0.15, 0.2) is 5.78 Å². The molecule has 0 aliphatic heterocycles. The van der Waals surface area contributed by atoms with Gasteiger partial charge in [-0.1, -0.05) is 6.07 Å². The van der Waals surface area contributed by atoms with E-state index in [1.165, 1.54) is 16.8 Å². The molecule has 1 N–H and O–H groups in total. The maximum Gasteiger partial charge on any atom is 0.268 e. The number of hydrogen-bond donors (Lipinski definition) is 1. The van der Waals surface area contributed by atoms with Crippen LogP contribution in [0.15, 0.2) is 35.4 Å². The Labute approximate surface area is 84.6 Å². The lowest BCUT2D eigenvalue weighted by atomic mass is 10.2. The smallest absolute Gasteiger partial charge is 0.268 e. The zero-order valence-corrected chi connectivity index (χ0v) is 7.75. The predicted octanol–water partition coefficient (Wildman–Crippen LogP) is -0.131. The lowest BCUT2D eigenvalue weighted by molar-refractivity contribution is 0.0901. The van der Waals surface area contributed by atoms with Crippen LogP contribution in [0, 0.1) is 0 Å². The predicted molar refractivity (Wildman–Crippen MR) is 52.9 cm³/mol. The van der Waals surface area contributed by atoms with E-state index in [0.717, 1.165) is 0 Å². The van der Waals surface area contributed by atoms with Crippen molar-refractivity contribution in [1.82, 2.24) is 9.38 Å². The van der Waals surface area contributed by atoms with E-state index in [2.05, 4.69) is 4.98 Å². The first-order chi connectivity index (χ1) is 7.24. The quantitative estimate of drug-likeness (QED) is 0.691. The number of aliphatic hydroxyl groups excluding tert-OH is 1. The zero-order chi connectivity index (χ0) is 10.8. The molecule has 0 unspecified atom stereocenters. The summed E-state index contributed by atoms with van der Waals surface area (Å²) in [6.07, 6.45) is 2.72. The fraction of sp³-hybridized carbons (Fsp3) is 0.100. The molecule has 2 aromatic heterocycles. The Bertz CT molecular complexity index is 574. The van der Waals surface area contributed by atoms with Gasteiger partial charge in [0.05, 0.1) is 0 Å². The van der Waals surface area contributed by atoms with Crippen LogP contribution in [-0.4, -0.2) is 26.9 Å². The average Bonchev–Trinajstić information content (AvgIpc) is 2.29. The molecule has 2 rings (SSSR count). The van der Waals surface area contributed by atoms with Gasteiger partial charge in [-0.25, -0.2) is 4.98 Å². The standard InChI is InChI=1S/C10H8N2O3/c13-6-8(14)7-5-11-9-3-1-2-4-12(9)10(7)15/h1-5,13H,6H2. The van der Waals surface area contributed by atoms with Crippen molar-refractivity contribution in [2.45, 2.75) is 0 Å². The Morgan fingerprint density at radius 3 is 3.00 bits per heavy atom. The highest BCUT2D eigenvalue weighted by Gasteiger charge is 2.11. The highest BCUT2D eigenvalue weighted by atomic mass is 16.3. The lowest BCUT2D eigenvalue weighted by Gasteiger charge is -2.01. The second-order valence-electron chi connectivity index (χ2n) is 2.99. The summed E-state index contributed by atoms with van der Waals surface area (Å²) < 4.78 is 1.27. The van der Waals surface area contributed by atoms with E-state index in [-0.39, 0.29) is 5.56 Å². The van der Waals surface area contributed by atoms with Crippen molar-refractivity contribution in [3.8, 4) is 0 Å². The molecule has 76 valence electrons. The van der Waals surface area contributed by atoms with E-state index >= 15 is 0 Å². The molecule has 0 spiro atoms. The number of Topliss-reactive ketones (excluding diaryl/α,β-unsaturated/α-hetero) is 1.